The first-order valence-electron chi connectivity index (χ1n) is 7.62. The number of carbonyl (C=O) groups is 1. The summed E-state index contributed by atoms with van der Waals surface area (Å²) in [6.45, 7) is 14.2. The Morgan fingerprint density at radius 2 is 1.85 bits per heavy atom. The van der Waals surface area contributed by atoms with E-state index in [0.29, 0.717) is 5.69 Å². The van der Waals surface area contributed by atoms with Crippen LogP contribution in [0.5, 0.6) is 0 Å². The Balaban J connectivity index is 0.000000956. The number of carbonyl (C=O) groups excluding carboxylic acids is 1. The number of rotatable bonds is 3. The Morgan fingerprint density at radius 3 is 2.40 bits per heavy atom. The minimum Gasteiger partial charge on any atom is -0.338 e. The molecule has 0 aromatic carbocycles. The van der Waals surface area contributed by atoms with E-state index >= 15 is 0 Å². The van der Waals surface area contributed by atoms with Gasteiger partial charge in [-0.2, -0.15) is 5.10 Å². The van der Waals surface area contributed by atoms with Crippen LogP contribution in [0.25, 0.3) is 0 Å². The average Bonchev–Trinajstić information content (AvgIpc) is 2.79. The van der Waals surface area contributed by atoms with Crippen LogP contribution in [0.1, 0.15) is 49.4 Å². The first-order chi connectivity index (χ1) is 9.58. The summed E-state index contributed by atoms with van der Waals surface area (Å²) in [6.07, 6.45) is 0. The highest BCUT2D eigenvalue weighted by molar-refractivity contribution is 5.93. The number of aromatic nitrogens is 2. The molecule has 2 rings (SSSR count). The normalized spacial score (nSPS) is 14.3. The van der Waals surface area contributed by atoms with Gasteiger partial charge >= 0.3 is 0 Å². The number of fused-ring (bicyclic) bond motifs is 1. The Bertz CT molecular complexity index is 449. The van der Waals surface area contributed by atoms with E-state index in [1.54, 1.807) is 0 Å². The van der Waals surface area contributed by atoms with E-state index in [1.807, 2.05) is 44.2 Å². The maximum absolute atomic E-state index is 12.4. The molecule has 1 aliphatic heterocycles. The van der Waals surface area contributed by atoms with Gasteiger partial charge in [-0.3, -0.25) is 14.4 Å². The molecule has 0 spiro atoms. The molecule has 0 fully saturated rings. The van der Waals surface area contributed by atoms with Gasteiger partial charge in [0.2, 0.25) is 0 Å². The van der Waals surface area contributed by atoms with Crippen LogP contribution in [0, 0.1) is 6.92 Å². The van der Waals surface area contributed by atoms with Gasteiger partial charge in [0.25, 0.3) is 5.91 Å². The molecule has 0 saturated carbocycles. The van der Waals surface area contributed by atoms with Gasteiger partial charge in [-0.15, -0.1) is 0 Å². The summed E-state index contributed by atoms with van der Waals surface area (Å²) in [5.74, 6) is 0.0575. The van der Waals surface area contributed by atoms with Crippen LogP contribution >= 0.6 is 0 Å². The lowest BCUT2D eigenvalue weighted by atomic mass is 10.1. The monoisotopic (exact) mass is 280 g/mol. The molecule has 0 unspecified atom stereocenters. The zero-order valence-corrected chi connectivity index (χ0v) is 13.7. The van der Waals surface area contributed by atoms with E-state index in [4.69, 9.17) is 0 Å². The van der Waals surface area contributed by atoms with Gasteiger partial charge in [0.1, 0.15) is 0 Å². The minimum absolute atomic E-state index is 0.0575. The summed E-state index contributed by atoms with van der Waals surface area (Å²) < 4.78 is 1.99. The van der Waals surface area contributed by atoms with Crippen molar-refractivity contribution >= 4 is 5.91 Å². The van der Waals surface area contributed by atoms with Gasteiger partial charge in [0, 0.05) is 31.7 Å². The van der Waals surface area contributed by atoms with E-state index in [0.717, 1.165) is 38.3 Å². The topological polar surface area (TPSA) is 41.4 Å². The standard InChI is InChI=1S/C13H22N4O.C2H6/c1-5-16(6-2)13(18)12-10(3)11-9-15(4)7-8-17(11)14-12;1-2/h5-9H2,1-4H3;1-2H3. The summed E-state index contributed by atoms with van der Waals surface area (Å²) in [7, 11) is 2.10. The molecule has 114 valence electrons. The third-order valence-corrected chi connectivity index (χ3v) is 3.69. The highest BCUT2D eigenvalue weighted by Gasteiger charge is 2.25. The van der Waals surface area contributed by atoms with Crippen LogP contribution in [0.4, 0.5) is 0 Å². The Hall–Kier alpha value is -1.36. The lowest BCUT2D eigenvalue weighted by Gasteiger charge is -2.23. The maximum atomic E-state index is 12.4. The fourth-order valence-corrected chi connectivity index (χ4v) is 2.44. The van der Waals surface area contributed by atoms with E-state index in [1.165, 1.54) is 5.69 Å². The van der Waals surface area contributed by atoms with Crippen molar-refractivity contribution in [1.29, 1.82) is 0 Å². The quantitative estimate of drug-likeness (QED) is 0.852. The second-order valence-electron chi connectivity index (χ2n) is 4.86. The maximum Gasteiger partial charge on any atom is 0.274 e. The van der Waals surface area contributed by atoms with Crippen LogP contribution in [0.3, 0.4) is 0 Å². The summed E-state index contributed by atoms with van der Waals surface area (Å²) in [5.41, 5.74) is 2.85. The fraction of sp³-hybridized carbons (Fsp3) is 0.733. The number of hydrogen-bond donors (Lipinski definition) is 0. The van der Waals surface area contributed by atoms with Crippen molar-refractivity contribution in [1.82, 2.24) is 19.6 Å². The lowest BCUT2D eigenvalue weighted by Crippen LogP contribution is -2.31. The van der Waals surface area contributed by atoms with E-state index in [-0.39, 0.29) is 5.91 Å². The van der Waals surface area contributed by atoms with E-state index in [2.05, 4.69) is 17.0 Å². The van der Waals surface area contributed by atoms with Gasteiger partial charge in [0.05, 0.1) is 12.2 Å². The molecule has 0 saturated heterocycles. The van der Waals surface area contributed by atoms with Crippen molar-refractivity contribution < 1.29 is 4.79 Å². The Labute approximate surface area is 122 Å². The largest absolute Gasteiger partial charge is 0.338 e. The van der Waals surface area contributed by atoms with Gasteiger partial charge in [-0.25, -0.2) is 0 Å². The van der Waals surface area contributed by atoms with Gasteiger partial charge in [-0.05, 0) is 27.8 Å². The third kappa shape index (κ3) is 3.20. The highest BCUT2D eigenvalue weighted by atomic mass is 16.2. The molecule has 5 nitrogen and oxygen atoms in total. The Morgan fingerprint density at radius 1 is 1.25 bits per heavy atom. The smallest absolute Gasteiger partial charge is 0.274 e. The van der Waals surface area contributed by atoms with Gasteiger partial charge in [0.15, 0.2) is 5.69 Å². The molecule has 0 atom stereocenters. The predicted molar refractivity (Wildman–Crippen MR) is 81.9 cm³/mol. The van der Waals surface area contributed by atoms with Crippen LogP contribution in [0.15, 0.2) is 0 Å². The third-order valence-electron chi connectivity index (χ3n) is 3.69. The molecule has 0 radical (unpaired) electrons. The van der Waals surface area contributed by atoms with E-state index in [9.17, 15) is 4.79 Å². The first kappa shape index (κ1) is 16.7. The van der Waals surface area contributed by atoms with Crippen molar-refractivity contribution in [2.75, 3.05) is 26.7 Å². The van der Waals surface area contributed by atoms with E-state index < -0.39 is 0 Å². The molecule has 1 aliphatic rings. The van der Waals surface area contributed by atoms with Crippen LogP contribution in [0.2, 0.25) is 0 Å². The lowest BCUT2D eigenvalue weighted by molar-refractivity contribution is 0.0765. The van der Waals surface area contributed by atoms with Crippen molar-refractivity contribution in [3.05, 3.63) is 17.0 Å². The second-order valence-corrected chi connectivity index (χ2v) is 4.86. The van der Waals surface area contributed by atoms with Gasteiger partial charge < -0.3 is 4.90 Å². The molecule has 1 amide bonds. The minimum atomic E-state index is 0.0575. The zero-order chi connectivity index (χ0) is 15.3. The highest BCUT2D eigenvalue weighted by Crippen LogP contribution is 2.19. The summed E-state index contributed by atoms with van der Waals surface area (Å²) >= 11 is 0. The summed E-state index contributed by atoms with van der Waals surface area (Å²) in [6, 6.07) is 0. The van der Waals surface area contributed by atoms with Crippen LogP contribution < -0.4 is 0 Å². The summed E-state index contributed by atoms with van der Waals surface area (Å²) in [4.78, 5) is 16.4. The van der Waals surface area contributed by atoms with Crippen molar-refractivity contribution in [2.24, 2.45) is 0 Å². The Kier molecular flexibility index (Phi) is 6.20. The molecule has 2 heterocycles. The molecule has 20 heavy (non-hydrogen) atoms. The average molecular weight is 280 g/mol. The van der Waals surface area contributed by atoms with Crippen molar-refractivity contribution in [3.63, 3.8) is 0 Å². The molecule has 0 bridgehead atoms. The number of nitrogens with zero attached hydrogens (tertiary/aromatic N) is 4. The van der Waals surface area contributed by atoms with Crippen molar-refractivity contribution in [2.45, 2.75) is 47.7 Å². The molecular weight excluding hydrogens is 252 g/mol. The molecule has 0 N–H and O–H groups in total. The SMILES string of the molecule is CC.CCN(CC)C(=O)c1nn2c(c1C)CN(C)CC2. The van der Waals surface area contributed by atoms with Crippen molar-refractivity contribution in [3.8, 4) is 0 Å². The van der Waals surface area contributed by atoms with Crippen LogP contribution in [-0.4, -0.2) is 52.2 Å². The predicted octanol–water partition coefficient (Wildman–Crippen LogP) is 2.15. The molecule has 5 heteroatoms. The number of likely N-dealkylation sites (N-methyl/N-ethyl adjacent to an activating group) is 1. The second kappa shape index (κ2) is 7.43. The molecular formula is C15H28N4O. The fourth-order valence-electron chi connectivity index (χ4n) is 2.44. The molecule has 0 aliphatic carbocycles. The number of amides is 1. The summed E-state index contributed by atoms with van der Waals surface area (Å²) in [5, 5.41) is 4.50. The zero-order valence-electron chi connectivity index (χ0n) is 13.7. The molecule has 1 aromatic heterocycles. The van der Waals surface area contributed by atoms with Crippen LogP contribution in [-0.2, 0) is 13.1 Å². The number of hydrogen-bond acceptors (Lipinski definition) is 3. The first-order valence-corrected chi connectivity index (χ1v) is 7.62. The van der Waals surface area contributed by atoms with Gasteiger partial charge in [-0.1, -0.05) is 13.8 Å². The molecule has 1 aromatic rings.